The Morgan fingerprint density at radius 1 is 1.16 bits per heavy atom. The van der Waals surface area contributed by atoms with Crippen LogP contribution in [0.15, 0.2) is 0 Å². The second kappa shape index (κ2) is 8.91. The molecule has 0 aromatic rings. The zero-order valence-corrected chi connectivity index (χ0v) is 12.9. The molecular weight excluding hydrogens is 242 g/mol. The van der Waals surface area contributed by atoms with Crippen LogP contribution in [-0.4, -0.2) is 42.4 Å². The van der Waals surface area contributed by atoms with Crippen molar-refractivity contribution in [3.8, 4) is 0 Å². The standard InChI is InChI=1S/C14H29N3O2/c1-10(2)16-13(18)9-17(5)14(19)11(3)7-6-8-12(4)15/h10-12H,6-9,15H2,1-5H3,(H,16,18). The molecule has 0 aliphatic carbocycles. The Balaban J connectivity index is 4.06. The molecule has 3 N–H and O–H groups in total. The molecule has 2 atom stereocenters. The van der Waals surface area contributed by atoms with Gasteiger partial charge in [-0.15, -0.1) is 0 Å². The van der Waals surface area contributed by atoms with E-state index in [9.17, 15) is 9.59 Å². The van der Waals surface area contributed by atoms with Crippen LogP contribution in [0, 0.1) is 5.92 Å². The normalized spacial score (nSPS) is 14.1. The summed E-state index contributed by atoms with van der Waals surface area (Å²) in [6, 6.07) is 0.274. The number of nitrogens with two attached hydrogens (primary N) is 1. The molecule has 0 saturated heterocycles. The molecule has 0 aromatic carbocycles. The summed E-state index contributed by atoms with van der Waals surface area (Å²) in [6.07, 6.45) is 2.68. The smallest absolute Gasteiger partial charge is 0.239 e. The van der Waals surface area contributed by atoms with E-state index in [2.05, 4.69) is 5.32 Å². The molecule has 0 aromatic heterocycles. The first-order valence-corrected chi connectivity index (χ1v) is 7.04. The summed E-state index contributed by atoms with van der Waals surface area (Å²) in [5.74, 6) is -0.159. The fraction of sp³-hybridized carbons (Fsp3) is 0.857. The summed E-state index contributed by atoms with van der Waals surface area (Å²) in [6.45, 7) is 7.79. The van der Waals surface area contributed by atoms with Crippen molar-refractivity contribution in [2.45, 2.75) is 59.0 Å². The van der Waals surface area contributed by atoms with Crippen molar-refractivity contribution in [3.05, 3.63) is 0 Å². The average molecular weight is 271 g/mol. The Labute approximate surface area is 116 Å². The molecule has 0 aliphatic heterocycles. The molecule has 0 saturated carbocycles. The van der Waals surface area contributed by atoms with Crippen molar-refractivity contribution in [3.63, 3.8) is 0 Å². The highest BCUT2D eigenvalue weighted by atomic mass is 16.2. The molecule has 0 fully saturated rings. The second-order valence-electron chi connectivity index (χ2n) is 5.73. The van der Waals surface area contributed by atoms with Crippen molar-refractivity contribution in [1.82, 2.24) is 10.2 Å². The van der Waals surface area contributed by atoms with Gasteiger partial charge in [0.15, 0.2) is 0 Å². The first-order chi connectivity index (χ1) is 8.73. The summed E-state index contributed by atoms with van der Waals surface area (Å²) >= 11 is 0. The molecule has 0 aliphatic rings. The summed E-state index contributed by atoms with van der Waals surface area (Å²) in [5.41, 5.74) is 5.68. The van der Waals surface area contributed by atoms with Crippen molar-refractivity contribution in [2.75, 3.05) is 13.6 Å². The minimum absolute atomic E-state index is 0.0172. The average Bonchev–Trinajstić information content (AvgIpc) is 2.25. The van der Waals surface area contributed by atoms with Crippen LogP contribution in [0.1, 0.15) is 47.0 Å². The monoisotopic (exact) mass is 271 g/mol. The van der Waals surface area contributed by atoms with E-state index in [0.717, 1.165) is 19.3 Å². The van der Waals surface area contributed by atoms with E-state index in [1.54, 1.807) is 7.05 Å². The highest BCUT2D eigenvalue weighted by molar-refractivity contribution is 5.85. The zero-order chi connectivity index (χ0) is 15.0. The molecule has 5 heteroatoms. The maximum atomic E-state index is 12.1. The van der Waals surface area contributed by atoms with Gasteiger partial charge in [-0.2, -0.15) is 0 Å². The summed E-state index contributed by atoms with van der Waals surface area (Å²) in [7, 11) is 1.67. The number of rotatable bonds is 8. The van der Waals surface area contributed by atoms with Crippen LogP contribution in [0.25, 0.3) is 0 Å². The molecule has 112 valence electrons. The second-order valence-corrected chi connectivity index (χ2v) is 5.73. The fourth-order valence-corrected chi connectivity index (χ4v) is 1.91. The van der Waals surface area contributed by atoms with Gasteiger partial charge >= 0.3 is 0 Å². The van der Waals surface area contributed by atoms with Gasteiger partial charge in [-0.3, -0.25) is 9.59 Å². The van der Waals surface area contributed by atoms with Crippen LogP contribution in [0.2, 0.25) is 0 Å². The van der Waals surface area contributed by atoms with E-state index < -0.39 is 0 Å². The SMILES string of the molecule is CC(N)CCCC(C)C(=O)N(C)CC(=O)NC(C)C. The predicted molar refractivity (Wildman–Crippen MR) is 77.6 cm³/mol. The molecular formula is C14H29N3O2. The van der Waals surface area contributed by atoms with Gasteiger partial charge in [0, 0.05) is 25.0 Å². The molecule has 0 radical (unpaired) electrons. The largest absolute Gasteiger partial charge is 0.352 e. The minimum atomic E-state index is -0.117. The minimum Gasteiger partial charge on any atom is -0.352 e. The van der Waals surface area contributed by atoms with Crippen molar-refractivity contribution < 1.29 is 9.59 Å². The van der Waals surface area contributed by atoms with E-state index >= 15 is 0 Å². The highest BCUT2D eigenvalue weighted by Crippen LogP contribution is 2.11. The Kier molecular flexibility index (Phi) is 8.39. The molecule has 0 spiro atoms. The fourth-order valence-electron chi connectivity index (χ4n) is 1.91. The van der Waals surface area contributed by atoms with E-state index in [4.69, 9.17) is 5.73 Å². The first kappa shape index (κ1) is 17.9. The number of nitrogens with zero attached hydrogens (tertiary/aromatic N) is 1. The Morgan fingerprint density at radius 3 is 2.21 bits per heavy atom. The lowest BCUT2D eigenvalue weighted by Gasteiger charge is -2.21. The van der Waals surface area contributed by atoms with Crippen molar-refractivity contribution in [1.29, 1.82) is 0 Å². The maximum Gasteiger partial charge on any atom is 0.239 e. The Hall–Kier alpha value is -1.10. The van der Waals surface area contributed by atoms with Crippen LogP contribution in [-0.2, 0) is 9.59 Å². The molecule has 5 nitrogen and oxygen atoms in total. The quantitative estimate of drug-likeness (QED) is 0.694. The third-order valence-corrected chi connectivity index (χ3v) is 2.92. The van der Waals surface area contributed by atoms with E-state index in [1.165, 1.54) is 4.90 Å². The van der Waals surface area contributed by atoms with E-state index in [-0.39, 0.29) is 36.4 Å². The molecule has 0 heterocycles. The highest BCUT2D eigenvalue weighted by Gasteiger charge is 2.19. The number of amides is 2. The number of carbonyl (C=O) groups is 2. The van der Waals surface area contributed by atoms with Gasteiger partial charge in [0.05, 0.1) is 6.54 Å². The van der Waals surface area contributed by atoms with E-state index in [1.807, 2.05) is 27.7 Å². The van der Waals surface area contributed by atoms with Gasteiger partial charge in [0.2, 0.25) is 11.8 Å². The lowest BCUT2D eigenvalue weighted by molar-refractivity contribution is -0.137. The predicted octanol–water partition coefficient (Wildman–Crippen LogP) is 1.12. The molecule has 0 bridgehead atoms. The van der Waals surface area contributed by atoms with E-state index in [0.29, 0.717) is 0 Å². The Bertz CT molecular complexity index is 290. The number of carbonyl (C=O) groups excluding carboxylic acids is 2. The topological polar surface area (TPSA) is 75.4 Å². The number of hydrogen-bond donors (Lipinski definition) is 2. The molecule has 19 heavy (non-hydrogen) atoms. The van der Waals surface area contributed by atoms with Crippen molar-refractivity contribution >= 4 is 11.8 Å². The van der Waals surface area contributed by atoms with Crippen LogP contribution in [0.5, 0.6) is 0 Å². The number of nitrogens with one attached hydrogen (secondary N) is 1. The lowest BCUT2D eigenvalue weighted by Crippen LogP contribution is -2.42. The van der Waals surface area contributed by atoms with Crippen LogP contribution >= 0.6 is 0 Å². The zero-order valence-electron chi connectivity index (χ0n) is 12.9. The van der Waals surface area contributed by atoms with Gasteiger partial charge in [-0.1, -0.05) is 13.3 Å². The maximum absolute atomic E-state index is 12.1. The number of hydrogen-bond acceptors (Lipinski definition) is 3. The van der Waals surface area contributed by atoms with Crippen LogP contribution < -0.4 is 11.1 Å². The third-order valence-electron chi connectivity index (χ3n) is 2.92. The van der Waals surface area contributed by atoms with Gasteiger partial charge < -0.3 is 16.0 Å². The lowest BCUT2D eigenvalue weighted by atomic mass is 10.0. The van der Waals surface area contributed by atoms with Gasteiger partial charge in [-0.05, 0) is 33.6 Å². The molecule has 2 unspecified atom stereocenters. The van der Waals surface area contributed by atoms with Crippen LogP contribution in [0.3, 0.4) is 0 Å². The van der Waals surface area contributed by atoms with Crippen LogP contribution in [0.4, 0.5) is 0 Å². The van der Waals surface area contributed by atoms with Gasteiger partial charge in [0.25, 0.3) is 0 Å². The van der Waals surface area contributed by atoms with Gasteiger partial charge in [-0.25, -0.2) is 0 Å². The summed E-state index contributed by atoms with van der Waals surface area (Å²) < 4.78 is 0. The summed E-state index contributed by atoms with van der Waals surface area (Å²) in [4.78, 5) is 25.1. The summed E-state index contributed by atoms with van der Waals surface area (Å²) in [5, 5.41) is 2.78. The van der Waals surface area contributed by atoms with Gasteiger partial charge in [0.1, 0.15) is 0 Å². The number of likely N-dealkylation sites (N-methyl/N-ethyl adjacent to an activating group) is 1. The Morgan fingerprint density at radius 2 is 1.74 bits per heavy atom. The molecule has 0 rings (SSSR count). The van der Waals surface area contributed by atoms with Crippen molar-refractivity contribution in [2.24, 2.45) is 11.7 Å². The third kappa shape index (κ3) is 8.59. The first-order valence-electron chi connectivity index (χ1n) is 7.04. The molecule has 2 amide bonds.